The molecule has 0 heterocycles. The first kappa shape index (κ1) is 15.5. The van der Waals surface area contributed by atoms with Crippen LogP contribution in [0, 0.1) is 5.82 Å². The predicted molar refractivity (Wildman–Crippen MR) is 84.1 cm³/mol. The van der Waals surface area contributed by atoms with E-state index in [-0.39, 0.29) is 11.9 Å². The lowest BCUT2D eigenvalue weighted by Gasteiger charge is -2.19. The number of ether oxygens (including phenoxy) is 1. The van der Waals surface area contributed by atoms with E-state index in [1.54, 1.807) is 12.1 Å². The van der Waals surface area contributed by atoms with Crippen molar-refractivity contribution in [3.63, 3.8) is 0 Å². The molecule has 0 amide bonds. The van der Waals surface area contributed by atoms with Gasteiger partial charge in [-0.2, -0.15) is 0 Å². The summed E-state index contributed by atoms with van der Waals surface area (Å²) < 4.78 is 18.9. The van der Waals surface area contributed by atoms with Crippen molar-refractivity contribution in [2.75, 3.05) is 13.2 Å². The van der Waals surface area contributed by atoms with Crippen LogP contribution >= 0.6 is 0 Å². The fourth-order valence-electron chi connectivity index (χ4n) is 2.44. The van der Waals surface area contributed by atoms with Gasteiger partial charge in [0.15, 0.2) is 0 Å². The fourth-order valence-corrected chi connectivity index (χ4v) is 2.44. The Labute approximate surface area is 126 Å². The van der Waals surface area contributed by atoms with E-state index in [2.05, 4.69) is 24.4 Å². The second kappa shape index (κ2) is 7.79. The number of hydrogen-bond donors (Lipinski definition) is 1. The number of likely N-dealkylation sites (N-methyl/N-ethyl adjacent to an activating group) is 1. The highest BCUT2D eigenvalue weighted by Crippen LogP contribution is 2.23. The molecule has 2 nitrogen and oxygen atoms in total. The highest BCUT2D eigenvalue weighted by molar-refractivity contribution is 5.32. The fraction of sp³-hybridized carbons (Fsp3) is 0.333. The van der Waals surface area contributed by atoms with Crippen molar-refractivity contribution in [3.8, 4) is 5.75 Å². The van der Waals surface area contributed by atoms with Crippen molar-refractivity contribution in [1.29, 1.82) is 0 Å². The molecule has 2 rings (SSSR count). The molecule has 0 radical (unpaired) electrons. The maximum absolute atomic E-state index is 13.3. The van der Waals surface area contributed by atoms with Crippen molar-refractivity contribution >= 4 is 0 Å². The monoisotopic (exact) mass is 287 g/mol. The van der Waals surface area contributed by atoms with Gasteiger partial charge in [-0.1, -0.05) is 31.2 Å². The Bertz CT molecular complexity index is 571. The van der Waals surface area contributed by atoms with Crippen LogP contribution in [-0.2, 0) is 6.42 Å². The van der Waals surface area contributed by atoms with Crippen molar-refractivity contribution in [3.05, 3.63) is 65.5 Å². The largest absolute Gasteiger partial charge is 0.494 e. The number of benzene rings is 2. The van der Waals surface area contributed by atoms with Gasteiger partial charge in [-0.25, -0.2) is 4.39 Å². The molecule has 2 aromatic carbocycles. The van der Waals surface area contributed by atoms with Gasteiger partial charge in [-0.15, -0.1) is 0 Å². The summed E-state index contributed by atoms with van der Waals surface area (Å²) in [6, 6.07) is 15.0. The van der Waals surface area contributed by atoms with Crippen LogP contribution in [0.1, 0.15) is 31.0 Å². The molecule has 0 bridgehead atoms. The van der Waals surface area contributed by atoms with Crippen LogP contribution in [0.4, 0.5) is 4.39 Å². The lowest BCUT2D eigenvalue weighted by Crippen LogP contribution is -2.23. The number of rotatable bonds is 7. The molecule has 1 N–H and O–H groups in total. The second-order valence-electron chi connectivity index (χ2n) is 4.95. The lowest BCUT2D eigenvalue weighted by atomic mass is 9.98. The van der Waals surface area contributed by atoms with Gasteiger partial charge in [0.05, 0.1) is 6.61 Å². The number of halogens is 1. The standard InChI is InChI=1S/C18H22FNO/c1-3-20-18(12-14-7-5-9-16(19)11-14)15-8-6-10-17(13-15)21-4-2/h5-11,13,18,20H,3-4,12H2,1-2H3. The molecule has 0 aliphatic rings. The van der Waals surface area contributed by atoms with Gasteiger partial charge in [0.2, 0.25) is 0 Å². The summed E-state index contributed by atoms with van der Waals surface area (Å²) in [6.45, 7) is 5.56. The van der Waals surface area contributed by atoms with Crippen LogP contribution in [0.2, 0.25) is 0 Å². The molecule has 1 unspecified atom stereocenters. The summed E-state index contributed by atoms with van der Waals surface area (Å²) >= 11 is 0. The van der Waals surface area contributed by atoms with E-state index in [0.717, 1.165) is 29.8 Å². The van der Waals surface area contributed by atoms with E-state index in [0.29, 0.717) is 6.61 Å². The van der Waals surface area contributed by atoms with E-state index < -0.39 is 0 Å². The third kappa shape index (κ3) is 4.57. The van der Waals surface area contributed by atoms with E-state index in [4.69, 9.17) is 4.74 Å². The van der Waals surface area contributed by atoms with E-state index in [9.17, 15) is 4.39 Å². The van der Waals surface area contributed by atoms with Gasteiger partial charge in [0.1, 0.15) is 11.6 Å². The first-order valence-electron chi connectivity index (χ1n) is 7.43. The maximum atomic E-state index is 13.3. The van der Waals surface area contributed by atoms with Gasteiger partial charge in [-0.05, 0) is 55.3 Å². The second-order valence-corrected chi connectivity index (χ2v) is 4.95. The minimum absolute atomic E-state index is 0.150. The summed E-state index contributed by atoms with van der Waals surface area (Å²) in [4.78, 5) is 0. The molecule has 2 aromatic rings. The predicted octanol–water partition coefficient (Wildman–Crippen LogP) is 4.12. The Hall–Kier alpha value is -1.87. The Morgan fingerprint density at radius 3 is 2.62 bits per heavy atom. The topological polar surface area (TPSA) is 21.3 Å². The van der Waals surface area contributed by atoms with E-state index in [1.807, 2.05) is 25.1 Å². The molecule has 0 spiro atoms. The van der Waals surface area contributed by atoms with Gasteiger partial charge >= 0.3 is 0 Å². The molecule has 0 aromatic heterocycles. The molecule has 0 saturated heterocycles. The van der Waals surface area contributed by atoms with Gasteiger partial charge in [0.25, 0.3) is 0 Å². The first-order valence-corrected chi connectivity index (χ1v) is 7.43. The quantitative estimate of drug-likeness (QED) is 0.827. The van der Waals surface area contributed by atoms with Crippen LogP contribution < -0.4 is 10.1 Å². The molecule has 0 aliphatic heterocycles. The van der Waals surface area contributed by atoms with Crippen LogP contribution in [0.25, 0.3) is 0 Å². The zero-order valence-corrected chi connectivity index (χ0v) is 12.6. The smallest absolute Gasteiger partial charge is 0.123 e. The normalized spacial score (nSPS) is 12.1. The minimum Gasteiger partial charge on any atom is -0.494 e. The van der Waals surface area contributed by atoms with Crippen LogP contribution in [0.15, 0.2) is 48.5 Å². The highest BCUT2D eigenvalue weighted by atomic mass is 19.1. The molecule has 0 aliphatic carbocycles. The summed E-state index contributed by atoms with van der Waals surface area (Å²) in [5.41, 5.74) is 2.15. The molecule has 0 saturated carbocycles. The molecular formula is C18H22FNO. The first-order chi connectivity index (χ1) is 10.2. The molecule has 0 fully saturated rings. The molecule has 21 heavy (non-hydrogen) atoms. The molecule has 1 atom stereocenters. The zero-order chi connectivity index (χ0) is 15.1. The average Bonchev–Trinajstić information content (AvgIpc) is 2.47. The number of hydrogen-bond acceptors (Lipinski definition) is 2. The Kier molecular flexibility index (Phi) is 5.76. The lowest BCUT2D eigenvalue weighted by molar-refractivity contribution is 0.339. The van der Waals surface area contributed by atoms with Crippen molar-refractivity contribution < 1.29 is 9.13 Å². The van der Waals surface area contributed by atoms with Crippen LogP contribution in [0.5, 0.6) is 5.75 Å². The Balaban J connectivity index is 2.19. The highest BCUT2D eigenvalue weighted by Gasteiger charge is 2.12. The summed E-state index contributed by atoms with van der Waals surface area (Å²) in [7, 11) is 0. The maximum Gasteiger partial charge on any atom is 0.123 e. The zero-order valence-electron chi connectivity index (χ0n) is 12.6. The summed E-state index contributed by atoms with van der Waals surface area (Å²) in [6.07, 6.45) is 0.751. The third-order valence-electron chi connectivity index (χ3n) is 3.35. The Morgan fingerprint density at radius 2 is 1.90 bits per heavy atom. The molecule has 112 valence electrons. The number of nitrogens with one attached hydrogen (secondary N) is 1. The van der Waals surface area contributed by atoms with E-state index >= 15 is 0 Å². The molecule has 3 heteroatoms. The minimum atomic E-state index is -0.189. The summed E-state index contributed by atoms with van der Waals surface area (Å²) in [5.74, 6) is 0.683. The van der Waals surface area contributed by atoms with Crippen molar-refractivity contribution in [2.24, 2.45) is 0 Å². The van der Waals surface area contributed by atoms with Gasteiger partial charge in [0, 0.05) is 6.04 Å². The van der Waals surface area contributed by atoms with Gasteiger partial charge in [-0.3, -0.25) is 0 Å². The Morgan fingerprint density at radius 1 is 1.10 bits per heavy atom. The van der Waals surface area contributed by atoms with Crippen molar-refractivity contribution in [1.82, 2.24) is 5.32 Å². The summed E-state index contributed by atoms with van der Waals surface area (Å²) in [5, 5.41) is 3.46. The van der Waals surface area contributed by atoms with Gasteiger partial charge < -0.3 is 10.1 Å². The average molecular weight is 287 g/mol. The van der Waals surface area contributed by atoms with Crippen LogP contribution in [-0.4, -0.2) is 13.2 Å². The van der Waals surface area contributed by atoms with Crippen LogP contribution in [0.3, 0.4) is 0 Å². The van der Waals surface area contributed by atoms with E-state index in [1.165, 1.54) is 6.07 Å². The molecular weight excluding hydrogens is 265 g/mol. The van der Waals surface area contributed by atoms with Crippen molar-refractivity contribution in [2.45, 2.75) is 26.3 Å². The SMILES string of the molecule is CCNC(Cc1cccc(F)c1)c1cccc(OCC)c1. The third-order valence-corrected chi connectivity index (χ3v) is 3.35.